The standard InChI is InChI=1S/C15H26N4O/c1-4-8-16-12-9-13(17-10-15(3,20)5-2)19-14(18-12)11-6-7-11/h9,11,20H,4-8,10H2,1-3H3,(H2,16,17,18,19). The SMILES string of the molecule is CCCNc1cc(NCC(C)(O)CC)nc(C2CC2)n1. The summed E-state index contributed by atoms with van der Waals surface area (Å²) in [5, 5.41) is 16.6. The van der Waals surface area contributed by atoms with Crippen molar-refractivity contribution in [2.45, 2.75) is 58.0 Å². The molecule has 5 heteroatoms. The van der Waals surface area contributed by atoms with Gasteiger partial charge in [-0.3, -0.25) is 0 Å². The van der Waals surface area contributed by atoms with Crippen LogP contribution in [0.15, 0.2) is 6.07 Å². The van der Waals surface area contributed by atoms with Crippen LogP contribution in [-0.2, 0) is 0 Å². The van der Waals surface area contributed by atoms with Gasteiger partial charge in [0.05, 0.1) is 5.60 Å². The van der Waals surface area contributed by atoms with E-state index in [1.54, 1.807) is 0 Å². The van der Waals surface area contributed by atoms with Crippen molar-refractivity contribution in [1.29, 1.82) is 0 Å². The fourth-order valence-electron chi connectivity index (χ4n) is 1.83. The Labute approximate surface area is 121 Å². The molecule has 2 rings (SSSR count). The molecule has 0 aliphatic heterocycles. The summed E-state index contributed by atoms with van der Waals surface area (Å²) in [4.78, 5) is 9.14. The molecule has 0 bridgehead atoms. The van der Waals surface area contributed by atoms with Crippen molar-refractivity contribution < 1.29 is 5.11 Å². The molecule has 1 fully saturated rings. The van der Waals surface area contributed by atoms with Gasteiger partial charge in [-0.05, 0) is 32.6 Å². The molecular formula is C15H26N4O. The molecule has 1 aromatic rings. The van der Waals surface area contributed by atoms with Gasteiger partial charge < -0.3 is 15.7 Å². The van der Waals surface area contributed by atoms with Crippen molar-refractivity contribution in [2.24, 2.45) is 0 Å². The van der Waals surface area contributed by atoms with Crippen molar-refractivity contribution in [3.05, 3.63) is 11.9 Å². The predicted molar refractivity (Wildman–Crippen MR) is 82.2 cm³/mol. The maximum atomic E-state index is 10.1. The van der Waals surface area contributed by atoms with Crippen molar-refractivity contribution in [3.8, 4) is 0 Å². The van der Waals surface area contributed by atoms with Crippen LogP contribution in [0.3, 0.4) is 0 Å². The number of nitrogens with zero attached hydrogens (tertiary/aromatic N) is 2. The van der Waals surface area contributed by atoms with Crippen LogP contribution < -0.4 is 10.6 Å². The Morgan fingerprint density at radius 1 is 1.25 bits per heavy atom. The van der Waals surface area contributed by atoms with Crippen LogP contribution in [-0.4, -0.2) is 33.8 Å². The summed E-state index contributed by atoms with van der Waals surface area (Å²) in [6.07, 6.45) is 4.14. The predicted octanol–water partition coefficient (Wildman–Crippen LogP) is 2.75. The monoisotopic (exact) mass is 278 g/mol. The van der Waals surface area contributed by atoms with Gasteiger partial charge in [-0.25, -0.2) is 9.97 Å². The van der Waals surface area contributed by atoms with Crippen molar-refractivity contribution in [1.82, 2.24) is 9.97 Å². The largest absolute Gasteiger partial charge is 0.388 e. The summed E-state index contributed by atoms with van der Waals surface area (Å²) in [5.41, 5.74) is -0.707. The Balaban J connectivity index is 2.08. The van der Waals surface area contributed by atoms with Gasteiger partial charge in [-0.2, -0.15) is 0 Å². The van der Waals surface area contributed by atoms with E-state index < -0.39 is 5.60 Å². The quantitative estimate of drug-likeness (QED) is 0.682. The number of anilines is 2. The maximum absolute atomic E-state index is 10.1. The molecule has 1 aromatic heterocycles. The second-order valence-electron chi connectivity index (χ2n) is 5.90. The molecule has 0 aromatic carbocycles. The zero-order chi connectivity index (χ0) is 14.6. The highest BCUT2D eigenvalue weighted by Gasteiger charge is 2.27. The first-order valence-corrected chi connectivity index (χ1v) is 7.63. The Morgan fingerprint density at radius 2 is 1.90 bits per heavy atom. The third-order valence-electron chi connectivity index (χ3n) is 3.65. The van der Waals surface area contributed by atoms with E-state index in [1.165, 1.54) is 12.8 Å². The first kappa shape index (κ1) is 15.0. The molecule has 1 atom stereocenters. The van der Waals surface area contributed by atoms with Crippen molar-refractivity contribution in [3.63, 3.8) is 0 Å². The second kappa shape index (κ2) is 6.39. The van der Waals surface area contributed by atoms with Gasteiger partial charge >= 0.3 is 0 Å². The normalized spacial score (nSPS) is 17.6. The summed E-state index contributed by atoms with van der Waals surface area (Å²) in [7, 11) is 0. The number of hydrogen-bond donors (Lipinski definition) is 3. The molecule has 1 heterocycles. The van der Waals surface area contributed by atoms with Gasteiger partial charge in [0.15, 0.2) is 0 Å². The molecule has 1 aliphatic carbocycles. The number of nitrogens with one attached hydrogen (secondary N) is 2. The number of aliphatic hydroxyl groups is 1. The van der Waals surface area contributed by atoms with E-state index in [2.05, 4.69) is 27.5 Å². The zero-order valence-electron chi connectivity index (χ0n) is 12.7. The molecule has 0 amide bonds. The van der Waals surface area contributed by atoms with Gasteiger partial charge in [-0.1, -0.05) is 13.8 Å². The molecule has 0 spiro atoms. The highest BCUT2D eigenvalue weighted by molar-refractivity contribution is 5.48. The minimum Gasteiger partial charge on any atom is -0.388 e. The molecular weight excluding hydrogens is 252 g/mol. The fourth-order valence-corrected chi connectivity index (χ4v) is 1.83. The topological polar surface area (TPSA) is 70.1 Å². The average molecular weight is 278 g/mol. The summed E-state index contributed by atoms with van der Waals surface area (Å²) in [6.45, 7) is 7.35. The first-order chi connectivity index (χ1) is 9.54. The smallest absolute Gasteiger partial charge is 0.136 e. The summed E-state index contributed by atoms with van der Waals surface area (Å²) in [5.74, 6) is 3.12. The third-order valence-corrected chi connectivity index (χ3v) is 3.65. The van der Waals surface area contributed by atoms with Crippen LogP contribution in [0.1, 0.15) is 58.2 Å². The Kier molecular flexibility index (Phi) is 4.81. The Morgan fingerprint density at radius 3 is 2.45 bits per heavy atom. The van der Waals surface area contributed by atoms with E-state index in [0.717, 1.165) is 30.4 Å². The molecule has 0 radical (unpaired) electrons. The molecule has 0 saturated heterocycles. The summed E-state index contributed by atoms with van der Waals surface area (Å²) in [6, 6.07) is 1.92. The average Bonchev–Trinajstić information content (AvgIpc) is 3.27. The van der Waals surface area contributed by atoms with E-state index in [1.807, 2.05) is 19.9 Å². The first-order valence-electron chi connectivity index (χ1n) is 7.63. The van der Waals surface area contributed by atoms with E-state index >= 15 is 0 Å². The van der Waals surface area contributed by atoms with Gasteiger partial charge in [0, 0.05) is 25.1 Å². The van der Waals surface area contributed by atoms with Gasteiger partial charge in [0.2, 0.25) is 0 Å². The lowest BCUT2D eigenvalue weighted by molar-refractivity contribution is 0.0696. The molecule has 20 heavy (non-hydrogen) atoms. The van der Waals surface area contributed by atoms with Crippen LogP contribution in [0.5, 0.6) is 0 Å². The lowest BCUT2D eigenvalue weighted by Gasteiger charge is -2.22. The molecule has 1 aliphatic rings. The number of aromatic nitrogens is 2. The summed E-state index contributed by atoms with van der Waals surface area (Å²) >= 11 is 0. The van der Waals surface area contributed by atoms with Gasteiger partial charge in [-0.15, -0.1) is 0 Å². The van der Waals surface area contributed by atoms with Crippen LogP contribution in [0.4, 0.5) is 11.6 Å². The van der Waals surface area contributed by atoms with E-state index in [-0.39, 0.29) is 0 Å². The van der Waals surface area contributed by atoms with Gasteiger partial charge in [0.25, 0.3) is 0 Å². The van der Waals surface area contributed by atoms with Gasteiger partial charge in [0.1, 0.15) is 17.5 Å². The fraction of sp³-hybridized carbons (Fsp3) is 0.733. The molecule has 1 saturated carbocycles. The van der Waals surface area contributed by atoms with Crippen LogP contribution >= 0.6 is 0 Å². The summed E-state index contributed by atoms with van der Waals surface area (Å²) < 4.78 is 0. The highest BCUT2D eigenvalue weighted by atomic mass is 16.3. The second-order valence-corrected chi connectivity index (χ2v) is 5.90. The van der Waals surface area contributed by atoms with E-state index in [4.69, 9.17) is 0 Å². The van der Waals surface area contributed by atoms with Crippen molar-refractivity contribution in [2.75, 3.05) is 23.7 Å². The Bertz CT molecular complexity index is 443. The highest BCUT2D eigenvalue weighted by Crippen LogP contribution is 2.38. The molecule has 3 N–H and O–H groups in total. The zero-order valence-corrected chi connectivity index (χ0v) is 12.7. The molecule has 5 nitrogen and oxygen atoms in total. The lowest BCUT2D eigenvalue weighted by Crippen LogP contribution is -2.32. The number of hydrogen-bond acceptors (Lipinski definition) is 5. The third kappa shape index (κ3) is 4.34. The number of rotatable bonds is 8. The van der Waals surface area contributed by atoms with Crippen LogP contribution in [0, 0.1) is 0 Å². The minimum absolute atomic E-state index is 0.498. The van der Waals surface area contributed by atoms with E-state index in [9.17, 15) is 5.11 Å². The maximum Gasteiger partial charge on any atom is 0.136 e. The van der Waals surface area contributed by atoms with Crippen LogP contribution in [0.2, 0.25) is 0 Å². The Hall–Kier alpha value is -1.36. The minimum atomic E-state index is -0.707. The van der Waals surface area contributed by atoms with E-state index in [0.29, 0.717) is 18.9 Å². The molecule has 1 unspecified atom stereocenters. The van der Waals surface area contributed by atoms with Crippen molar-refractivity contribution >= 4 is 11.6 Å². The molecule has 112 valence electrons. The van der Waals surface area contributed by atoms with Crippen LogP contribution in [0.25, 0.3) is 0 Å². The lowest BCUT2D eigenvalue weighted by atomic mass is 10.0.